The third-order valence-corrected chi connectivity index (χ3v) is 6.23. The van der Waals surface area contributed by atoms with Crippen LogP contribution in [0.5, 0.6) is 0 Å². The number of furan rings is 1. The van der Waals surface area contributed by atoms with Gasteiger partial charge in [0, 0.05) is 23.3 Å². The van der Waals surface area contributed by atoms with Crippen LogP contribution in [0.3, 0.4) is 0 Å². The van der Waals surface area contributed by atoms with Crippen LogP contribution in [0.4, 0.5) is 11.4 Å². The summed E-state index contributed by atoms with van der Waals surface area (Å²) in [6.07, 6.45) is 1.54. The lowest BCUT2D eigenvalue weighted by Gasteiger charge is -2.16. The summed E-state index contributed by atoms with van der Waals surface area (Å²) in [5, 5.41) is 6.22. The van der Waals surface area contributed by atoms with E-state index in [2.05, 4.69) is 15.6 Å². The molecule has 4 aromatic rings. The predicted molar refractivity (Wildman–Crippen MR) is 134 cm³/mol. The SMILES string of the molecule is CC(=O)Nc1ccc(NC(=O)C(C)Sc2nc3cc(Cl)ccc3c(=O)n2Cc2ccco2)cc1. The number of amides is 2. The second-order valence-corrected chi connectivity index (χ2v) is 9.28. The summed E-state index contributed by atoms with van der Waals surface area (Å²) in [6.45, 7) is 3.34. The zero-order chi connectivity index (χ0) is 24.2. The first-order chi connectivity index (χ1) is 16.3. The molecule has 0 radical (unpaired) electrons. The summed E-state index contributed by atoms with van der Waals surface area (Å²) < 4.78 is 6.91. The van der Waals surface area contributed by atoms with Gasteiger partial charge in [0.1, 0.15) is 5.76 Å². The van der Waals surface area contributed by atoms with Crippen LogP contribution in [0.25, 0.3) is 10.9 Å². The van der Waals surface area contributed by atoms with Crippen LogP contribution >= 0.6 is 23.4 Å². The number of hydrogen-bond acceptors (Lipinski definition) is 6. The maximum absolute atomic E-state index is 13.2. The van der Waals surface area contributed by atoms with E-state index in [4.69, 9.17) is 16.0 Å². The number of thioether (sulfide) groups is 1. The number of anilines is 2. The molecular weight excluding hydrogens is 476 g/mol. The molecule has 8 nitrogen and oxygen atoms in total. The molecule has 0 aliphatic rings. The number of carbonyl (C=O) groups excluding carboxylic acids is 2. The fourth-order valence-electron chi connectivity index (χ4n) is 3.26. The zero-order valence-corrected chi connectivity index (χ0v) is 19.9. The van der Waals surface area contributed by atoms with E-state index in [9.17, 15) is 14.4 Å². The quantitative estimate of drug-likeness (QED) is 0.282. The van der Waals surface area contributed by atoms with E-state index in [0.29, 0.717) is 38.2 Å². The van der Waals surface area contributed by atoms with Crippen molar-refractivity contribution in [2.24, 2.45) is 0 Å². The van der Waals surface area contributed by atoms with Crippen molar-refractivity contribution in [1.29, 1.82) is 0 Å². The minimum Gasteiger partial charge on any atom is -0.467 e. The van der Waals surface area contributed by atoms with Crippen molar-refractivity contribution in [3.8, 4) is 0 Å². The van der Waals surface area contributed by atoms with E-state index in [1.807, 2.05) is 0 Å². The molecule has 2 heterocycles. The molecule has 2 N–H and O–H groups in total. The van der Waals surface area contributed by atoms with E-state index < -0.39 is 5.25 Å². The van der Waals surface area contributed by atoms with Gasteiger partial charge in [-0.3, -0.25) is 19.0 Å². The Balaban J connectivity index is 1.58. The molecule has 2 aromatic carbocycles. The first-order valence-corrected chi connectivity index (χ1v) is 11.6. The van der Waals surface area contributed by atoms with Crippen LogP contribution < -0.4 is 16.2 Å². The standard InChI is InChI=1S/C24H21ClN4O4S/c1-14(22(31)27-18-8-6-17(7-9-18)26-15(2)30)34-24-28-21-12-16(25)5-10-20(21)23(32)29(24)13-19-4-3-11-33-19/h3-12,14H,13H2,1-2H3,(H,26,30)(H,27,31). The van der Waals surface area contributed by atoms with Crippen molar-refractivity contribution in [3.05, 3.63) is 82.0 Å². The van der Waals surface area contributed by atoms with Crippen molar-refractivity contribution in [2.45, 2.75) is 30.8 Å². The van der Waals surface area contributed by atoms with Crippen LogP contribution in [-0.4, -0.2) is 26.6 Å². The van der Waals surface area contributed by atoms with E-state index >= 15 is 0 Å². The Kier molecular flexibility index (Phi) is 7.04. The third kappa shape index (κ3) is 5.49. The second kappa shape index (κ2) is 10.1. The van der Waals surface area contributed by atoms with Gasteiger partial charge in [-0.25, -0.2) is 4.98 Å². The number of nitrogens with zero attached hydrogens (tertiary/aromatic N) is 2. The molecule has 0 fully saturated rings. The number of carbonyl (C=O) groups is 2. The lowest BCUT2D eigenvalue weighted by molar-refractivity contribution is -0.115. The van der Waals surface area contributed by atoms with Gasteiger partial charge in [0.2, 0.25) is 11.8 Å². The molecule has 2 amide bonds. The molecule has 1 unspecified atom stereocenters. The van der Waals surface area contributed by atoms with Crippen molar-refractivity contribution in [3.63, 3.8) is 0 Å². The fraction of sp³-hybridized carbons (Fsp3) is 0.167. The minimum atomic E-state index is -0.568. The van der Waals surface area contributed by atoms with Gasteiger partial charge >= 0.3 is 0 Å². The van der Waals surface area contributed by atoms with Gasteiger partial charge in [0.25, 0.3) is 5.56 Å². The second-order valence-electron chi connectivity index (χ2n) is 7.53. The smallest absolute Gasteiger partial charge is 0.262 e. The van der Waals surface area contributed by atoms with Gasteiger partial charge in [0.15, 0.2) is 5.16 Å². The molecule has 0 aliphatic carbocycles. The Morgan fingerprint density at radius 3 is 2.47 bits per heavy atom. The molecule has 34 heavy (non-hydrogen) atoms. The summed E-state index contributed by atoms with van der Waals surface area (Å²) in [7, 11) is 0. The average molecular weight is 497 g/mol. The largest absolute Gasteiger partial charge is 0.467 e. The predicted octanol–water partition coefficient (Wildman–Crippen LogP) is 4.77. The zero-order valence-electron chi connectivity index (χ0n) is 18.4. The van der Waals surface area contributed by atoms with Crippen LogP contribution in [0.15, 0.2) is 75.2 Å². The molecule has 0 aliphatic heterocycles. The Bertz CT molecular complexity index is 1400. The van der Waals surface area contributed by atoms with Gasteiger partial charge in [0.05, 0.1) is 29.0 Å². The number of benzene rings is 2. The van der Waals surface area contributed by atoms with Crippen LogP contribution in [0, 0.1) is 0 Å². The Morgan fingerprint density at radius 2 is 1.82 bits per heavy atom. The van der Waals surface area contributed by atoms with E-state index in [1.54, 1.807) is 61.5 Å². The van der Waals surface area contributed by atoms with Crippen molar-refractivity contribution in [2.75, 3.05) is 10.6 Å². The maximum atomic E-state index is 13.2. The number of nitrogens with one attached hydrogen (secondary N) is 2. The highest BCUT2D eigenvalue weighted by Crippen LogP contribution is 2.26. The van der Waals surface area contributed by atoms with Crippen LogP contribution in [0.1, 0.15) is 19.6 Å². The van der Waals surface area contributed by atoms with Gasteiger partial charge in [-0.1, -0.05) is 23.4 Å². The molecule has 0 bridgehead atoms. The molecule has 4 rings (SSSR count). The molecular formula is C24H21ClN4O4S. The molecule has 2 aromatic heterocycles. The Labute approximate surface area is 204 Å². The summed E-state index contributed by atoms with van der Waals surface area (Å²) in [6, 6.07) is 15.2. The van der Waals surface area contributed by atoms with Crippen LogP contribution in [0.2, 0.25) is 5.02 Å². The number of halogens is 1. The molecule has 174 valence electrons. The van der Waals surface area contributed by atoms with Gasteiger partial charge < -0.3 is 15.1 Å². The third-order valence-electron chi connectivity index (χ3n) is 4.90. The van der Waals surface area contributed by atoms with Crippen molar-refractivity contribution in [1.82, 2.24) is 9.55 Å². The molecule has 0 saturated heterocycles. The van der Waals surface area contributed by atoms with Gasteiger partial charge in [-0.2, -0.15) is 0 Å². The maximum Gasteiger partial charge on any atom is 0.262 e. The number of fused-ring (bicyclic) bond motifs is 1. The monoisotopic (exact) mass is 496 g/mol. The van der Waals surface area contributed by atoms with Crippen molar-refractivity contribution >= 4 is 57.5 Å². The lowest BCUT2D eigenvalue weighted by Crippen LogP contribution is -2.27. The molecule has 1 atom stereocenters. The fourth-order valence-corrected chi connectivity index (χ4v) is 4.33. The van der Waals surface area contributed by atoms with E-state index in [1.165, 1.54) is 17.8 Å². The Hall–Kier alpha value is -3.56. The van der Waals surface area contributed by atoms with E-state index in [0.717, 1.165) is 11.8 Å². The molecule has 10 heteroatoms. The Morgan fingerprint density at radius 1 is 1.12 bits per heavy atom. The molecule has 0 spiro atoms. The topological polar surface area (TPSA) is 106 Å². The highest BCUT2D eigenvalue weighted by Gasteiger charge is 2.20. The summed E-state index contributed by atoms with van der Waals surface area (Å²) in [5.74, 6) is 0.157. The van der Waals surface area contributed by atoms with Gasteiger partial charge in [-0.05, 0) is 61.5 Å². The van der Waals surface area contributed by atoms with Crippen molar-refractivity contribution < 1.29 is 14.0 Å². The van der Waals surface area contributed by atoms with E-state index in [-0.39, 0.29) is 23.9 Å². The minimum absolute atomic E-state index is 0.174. The summed E-state index contributed by atoms with van der Waals surface area (Å²) >= 11 is 7.27. The molecule has 0 saturated carbocycles. The number of aromatic nitrogens is 2. The first kappa shape index (κ1) is 23.6. The number of hydrogen-bond donors (Lipinski definition) is 2. The first-order valence-electron chi connectivity index (χ1n) is 10.4. The normalized spacial score (nSPS) is 11.9. The summed E-state index contributed by atoms with van der Waals surface area (Å²) in [5.41, 5.74) is 1.42. The summed E-state index contributed by atoms with van der Waals surface area (Å²) in [4.78, 5) is 41.9. The average Bonchev–Trinajstić information content (AvgIpc) is 3.30. The van der Waals surface area contributed by atoms with Gasteiger partial charge in [-0.15, -0.1) is 0 Å². The lowest BCUT2D eigenvalue weighted by atomic mass is 10.2. The number of rotatable bonds is 7. The highest BCUT2D eigenvalue weighted by molar-refractivity contribution is 8.00. The van der Waals surface area contributed by atoms with Crippen LogP contribution in [-0.2, 0) is 16.1 Å². The highest BCUT2D eigenvalue weighted by atomic mass is 35.5.